The fourth-order valence-corrected chi connectivity index (χ4v) is 3.25. The van der Waals surface area contributed by atoms with E-state index in [0.717, 1.165) is 0 Å². The molecule has 0 aromatic heterocycles. The molecular formula is C12H22F6O4Si. The highest BCUT2D eigenvalue weighted by Crippen LogP contribution is 2.49. The second kappa shape index (κ2) is 8.65. The minimum absolute atomic E-state index is 0.0358. The average molecular weight is 372 g/mol. The summed E-state index contributed by atoms with van der Waals surface area (Å²) in [6, 6.07) is -0.0358. The highest BCUT2D eigenvalue weighted by atomic mass is 28.4. The van der Waals surface area contributed by atoms with E-state index in [1.165, 1.54) is 21.1 Å². The molecule has 0 saturated heterocycles. The number of halogens is 6. The van der Waals surface area contributed by atoms with Crippen LogP contribution in [-0.4, -0.2) is 54.1 Å². The Bertz CT molecular complexity index is 329. The van der Waals surface area contributed by atoms with Gasteiger partial charge in [-0.3, -0.25) is 0 Å². The summed E-state index contributed by atoms with van der Waals surface area (Å²) in [7, 11) is -0.160. The predicted octanol–water partition coefficient (Wildman–Crippen LogP) is 4.01. The maximum absolute atomic E-state index is 13.1. The number of alkyl halides is 6. The Kier molecular flexibility index (Phi) is 8.51. The second-order valence-electron chi connectivity index (χ2n) is 4.97. The van der Waals surface area contributed by atoms with Crippen LogP contribution >= 0.6 is 0 Å². The quantitative estimate of drug-likeness (QED) is 0.251. The van der Waals surface area contributed by atoms with E-state index in [1.54, 1.807) is 6.55 Å². The van der Waals surface area contributed by atoms with Crippen LogP contribution in [0.4, 0.5) is 26.3 Å². The van der Waals surface area contributed by atoms with E-state index in [9.17, 15) is 26.3 Å². The summed E-state index contributed by atoms with van der Waals surface area (Å²) in [5.41, 5.74) is -4.27. The molecule has 0 bridgehead atoms. The van der Waals surface area contributed by atoms with Crippen molar-refractivity contribution in [2.45, 2.75) is 50.3 Å². The molecule has 0 amide bonds. The van der Waals surface area contributed by atoms with E-state index < -0.39 is 46.1 Å². The predicted molar refractivity (Wildman–Crippen MR) is 72.1 cm³/mol. The molecule has 0 atom stereocenters. The van der Waals surface area contributed by atoms with Gasteiger partial charge in [-0.15, -0.1) is 0 Å². The van der Waals surface area contributed by atoms with Gasteiger partial charge in [-0.05, 0) is 32.4 Å². The van der Waals surface area contributed by atoms with E-state index in [4.69, 9.17) is 8.85 Å². The minimum atomic E-state index is -5.62. The van der Waals surface area contributed by atoms with Crippen molar-refractivity contribution < 1.29 is 44.7 Å². The molecule has 0 aliphatic carbocycles. The fourth-order valence-electron chi connectivity index (χ4n) is 1.85. The summed E-state index contributed by atoms with van der Waals surface area (Å²) in [6.45, 7) is 1.82. The topological polar surface area (TPSA) is 36.9 Å². The Morgan fingerprint density at radius 3 is 1.74 bits per heavy atom. The van der Waals surface area contributed by atoms with Gasteiger partial charge in [0.1, 0.15) is 6.79 Å². The van der Waals surface area contributed by atoms with Crippen LogP contribution in [0.2, 0.25) is 12.6 Å². The molecule has 0 aliphatic rings. The molecule has 0 aromatic carbocycles. The van der Waals surface area contributed by atoms with Crippen molar-refractivity contribution in [1.82, 2.24) is 0 Å². The largest absolute Gasteiger partial charge is 0.426 e. The smallest absolute Gasteiger partial charge is 0.398 e. The lowest BCUT2D eigenvalue weighted by molar-refractivity contribution is -0.394. The third-order valence-electron chi connectivity index (χ3n) is 3.53. The molecule has 0 N–H and O–H groups in total. The molecule has 0 fully saturated rings. The maximum atomic E-state index is 13.1. The molecule has 0 radical (unpaired) electrons. The summed E-state index contributed by atoms with van der Waals surface area (Å²) in [6.07, 6.45) is -13.0. The summed E-state index contributed by atoms with van der Waals surface area (Å²) in [4.78, 5) is 0. The summed E-state index contributed by atoms with van der Waals surface area (Å²) in [5, 5.41) is 0. The molecule has 23 heavy (non-hydrogen) atoms. The molecule has 11 heteroatoms. The van der Waals surface area contributed by atoms with Crippen molar-refractivity contribution in [3.05, 3.63) is 0 Å². The Morgan fingerprint density at radius 2 is 1.39 bits per heavy atom. The summed E-state index contributed by atoms with van der Waals surface area (Å²) in [5.74, 6) is 0. The normalized spacial score (nSPS) is 14.3. The molecule has 0 heterocycles. The van der Waals surface area contributed by atoms with Gasteiger partial charge in [-0.2, -0.15) is 26.3 Å². The lowest BCUT2D eigenvalue weighted by Gasteiger charge is -2.37. The van der Waals surface area contributed by atoms with Crippen molar-refractivity contribution in [2.24, 2.45) is 0 Å². The molecule has 4 nitrogen and oxygen atoms in total. The molecule has 0 rings (SSSR count). The third kappa shape index (κ3) is 5.89. The summed E-state index contributed by atoms with van der Waals surface area (Å²) < 4.78 is 97.6. The van der Waals surface area contributed by atoms with Crippen LogP contribution in [-0.2, 0) is 18.3 Å². The number of ether oxygens (including phenoxy) is 2. The van der Waals surface area contributed by atoms with Gasteiger partial charge in [0.15, 0.2) is 0 Å². The van der Waals surface area contributed by atoms with Gasteiger partial charge >= 0.3 is 20.9 Å². The van der Waals surface area contributed by atoms with E-state index in [2.05, 4.69) is 9.47 Å². The van der Waals surface area contributed by atoms with Gasteiger partial charge in [0.2, 0.25) is 0 Å². The van der Waals surface area contributed by atoms with Crippen LogP contribution in [0.25, 0.3) is 0 Å². The Labute approximate surface area is 132 Å². The zero-order valence-electron chi connectivity index (χ0n) is 13.4. The molecule has 0 aliphatic heterocycles. The van der Waals surface area contributed by atoms with Gasteiger partial charge in [0.25, 0.3) is 5.60 Å². The van der Waals surface area contributed by atoms with Crippen molar-refractivity contribution in [3.63, 3.8) is 0 Å². The first-order valence-corrected chi connectivity index (χ1v) is 9.37. The fraction of sp³-hybridized carbons (Fsp3) is 1.00. The van der Waals surface area contributed by atoms with Gasteiger partial charge in [0, 0.05) is 20.8 Å². The number of rotatable bonds is 10. The van der Waals surface area contributed by atoms with Gasteiger partial charge in [0.05, 0.1) is 0 Å². The first-order chi connectivity index (χ1) is 10.4. The van der Waals surface area contributed by atoms with Crippen molar-refractivity contribution in [3.8, 4) is 0 Å². The van der Waals surface area contributed by atoms with Gasteiger partial charge in [-0.1, -0.05) is 0 Å². The first-order valence-electron chi connectivity index (χ1n) is 6.84. The maximum Gasteiger partial charge on any atom is 0.426 e. The van der Waals surface area contributed by atoms with E-state index in [1.807, 2.05) is 0 Å². The average Bonchev–Trinajstić information content (AvgIpc) is 2.43. The Hall–Kier alpha value is -0.363. The monoisotopic (exact) mass is 372 g/mol. The Morgan fingerprint density at radius 1 is 0.913 bits per heavy atom. The number of hydrogen-bond acceptors (Lipinski definition) is 4. The van der Waals surface area contributed by atoms with Gasteiger partial charge < -0.3 is 18.3 Å². The van der Waals surface area contributed by atoms with Crippen LogP contribution in [0.1, 0.15) is 19.8 Å². The van der Waals surface area contributed by atoms with Crippen molar-refractivity contribution >= 4 is 8.56 Å². The Balaban J connectivity index is 5.25. The van der Waals surface area contributed by atoms with Crippen LogP contribution < -0.4 is 0 Å². The zero-order valence-corrected chi connectivity index (χ0v) is 14.4. The molecule has 0 saturated carbocycles. The highest BCUT2D eigenvalue weighted by Gasteiger charge is 2.71. The molecule has 140 valence electrons. The standard InChI is InChI=1S/C12H22F6O4Si/c1-5-21-9-22-10(11(13,14)15,12(16,17)18)7-6-8-23(4,19-2)20-3/h5-9H2,1-4H3. The van der Waals surface area contributed by atoms with Crippen molar-refractivity contribution in [1.29, 1.82) is 0 Å². The zero-order chi connectivity index (χ0) is 18.4. The van der Waals surface area contributed by atoms with Crippen LogP contribution in [0, 0.1) is 0 Å². The lowest BCUT2D eigenvalue weighted by Crippen LogP contribution is -2.59. The van der Waals surface area contributed by atoms with E-state index in [-0.39, 0.29) is 12.7 Å². The first kappa shape index (κ1) is 22.6. The van der Waals surface area contributed by atoms with E-state index in [0.29, 0.717) is 0 Å². The molecule has 0 spiro atoms. The van der Waals surface area contributed by atoms with Gasteiger partial charge in [-0.25, -0.2) is 0 Å². The SMILES string of the molecule is CCOCOC(CCC[Si](C)(OC)OC)(C(F)(F)F)C(F)(F)F. The minimum Gasteiger partial charge on any atom is -0.398 e. The molecular weight excluding hydrogens is 350 g/mol. The molecule has 0 unspecified atom stereocenters. The lowest BCUT2D eigenvalue weighted by atomic mass is 9.96. The summed E-state index contributed by atoms with van der Waals surface area (Å²) >= 11 is 0. The molecule has 0 aromatic rings. The van der Waals surface area contributed by atoms with E-state index >= 15 is 0 Å². The van der Waals surface area contributed by atoms with Crippen LogP contribution in [0.5, 0.6) is 0 Å². The third-order valence-corrected chi connectivity index (χ3v) is 6.52. The highest BCUT2D eigenvalue weighted by molar-refractivity contribution is 6.65. The van der Waals surface area contributed by atoms with Crippen LogP contribution in [0.15, 0.2) is 0 Å². The second-order valence-corrected chi connectivity index (χ2v) is 8.56. The number of hydrogen-bond donors (Lipinski definition) is 0. The van der Waals surface area contributed by atoms with Crippen molar-refractivity contribution in [2.75, 3.05) is 27.6 Å². The van der Waals surface area contributed by atoms with Crippen LogP contribution in [0.3, 0.4) is 0 Å².